The van der Waals surface area contributed by atoms with Crippen LogP contribution in [0, 0.1) is 18.7 Å². The van der Waals surface area contributed by atoms with E-state index in [1.54, 1.807) is 19.1 Å². The standard InChI is InChI=1S/C18H24FN3O.ClH/c1-12(2)10-22-18(23)15(11-21(4)5)9-17(20-22)14-6-7-16(19)13(3)8-14;/h6-9,12H,10-11H2,1-5H3;1H. The van der Waals surface area contributed by atoms with E-state index < -0.39 is 0 Å². The SMILES string of the molecule is Cc1cc(-c2cc(CN(C)C)c(=O)n(CC(C)C)n2)ccc1F.Cl. The van der Waals surface area contributed by atoms with E-state index in [0.717, 1.165) is 5.56 Å². The van der Waals surface area contributed by atoms with Crippen molar-refractivity contribution in [3.05, 3.63) is 51.6 Å². The van der Waals surface area contributed by atoms with Crippen LogP contribution in [0.3, 0.4) is 0 Å². The van der Waals surface area contributed by atoms with Crippen LogP contribution in [0.2, 0.25) is 0 Å². The first-order valence-corrected chi connectivity index (χ1v) is 7.80. The molecule has 0 atom stereocenters. The maximum Gasteiger partial charge on any atom is 0.271 e. The molecule has 2 rings (SSSR count). The minimum Gasteiger partial charge on any atom is -0.305 e. The largest absolute Gasteiger partial charge is 0.305 e. The van der Waals surface area contributed by atoms with Crippen molar-refractivity contribution in [2.24, 2.45) is 5.92 Å². The maximum atomic E-state index is 13.5. The summed E-state index contributed by atoms with van der Waals surface area (Å²) in [6.07, 6.45) is 0. The fourth-order valence-corrected chi connectivity index (χ4v) is 2.47. The summed E-state index contributed by atoms with van der Waals surface area (Å²) in [4.78, 5) is 14.5. The fraction of sp³-hybridized carbons (Fsp3) is 0.444. The van der Waals surface area contributed by atoms with E-state index in [2.05, 4.69) is 18.9 Å². The summed E-state index contributed by atoms with van der Waals surface area (Å²) in [6, 6.07) is 6.72. The quantitative estimate of drug-likeness (QED) is 0.825. The van der Waals surface area contributed by atoms with Gasteiger partial charge in [-0.15, -0.1) is 12.4 Å². The molecule has 0 saturated heterocycles. The van der Waals surface area contributed by atoms with Gasteiger partial charge in [0.1, 0.15) is 5.82 Å². The summed E-state index contributed by atoms with van der Waals surface area (Å²) in [5, 5.41) is 4.48. The third-order valence-electron chi connectivity index (χ3n) is 3.53. The van der Waals surface area contributed by atoms with Gasteiger partial charge in [0.15, 0.2) is 0 Å². The molecule has 1 aromatic heterocycles. The van der Waals surface area contributed by atoms with E-state index in [9.17, 15) is 9.18 Å². The van der Waals surface area contributed by atoms with Crippen molar-refractivity contribution in [1.82, 2.24) is 14.7 Å². The van der Waals surface area contributed by atoms with Gasteiger partial charge in [-0.25, -0.2) is 9.07 Å². The van der Waals surface area contributed by atoms with Gasteiger partial charge >= 0.3 is 0 Å². The molecule has 1 aromatic carbocycles. The third kappa shape index (κ3) is 4.89. The Kier molecular flexibility index (Phi) is 7.11. The molecule has 0 unspecified atom stereocenters. The predicted molar refractivity (Wildman–Crippen MR) is 98.1 cm³/mol. The van der Waals surface area contributed by atoms with E-state index >= 15 is 0 Å². The second-order valence-electron chi connectivity index (χ2n) is 6.64. The molecule has 2 aromatic rings. The number of hydrogen-bond acceptors (Lipinski definition) is 3. The molecule has 0 N–H and O–H groups in total. The normalized spacial score (nSPS) is 11.0. The summed E-state index contributed by atoms with van der Waals surface area (Å²) in [5.41, 5.74) is 2.73. The molecule has 0 saturated carbocycles. The number of benzene rings is 1. The molecule has 4 nitrogen and oxygen atoms in total. The maximum absolute atomic E-state index is 13.5. The van der Waals surface area contributed by atoms with Crippen LogP contribution < -0.4 is 5.56 Å². The van der Waals surface area contributed by atoms with Crippen LogP contribution in [-0.4, -0.2) is 28.8 Å². The highest BCUT2D eigenvalue weighted by atomic mass is 35.5. The van der Waals surface area contributed by atoms with Crippen LogP contribution in [0.1, 0.15) is 25.0 Å². The molecule has 0 aliphatic heterocycles. The van der Waals surface area contributed by atoms with Crippen LogP contribution in [-0.2, 0) is 13.1 Å². The Morgan fingerprint density at radius 1 is 1.25 bits per heavy atom. The van der Waals surface area contributed by atoms with Gasteiger partial charge in [-0.1, -0.05) is 13.8 Å². The van der Waals surface area contributed by atoms with E-state index in [-0.39, 0.29) is 23.8 Å². The highest BCUT2D eigenvalue weighted by Crippen LogP contribution is 2.20. The Hall–Kier alpha value is -1.72. The van der Waals surface area contributed by atoms with Gasteiger partial charge in [-0.05, 0) is 56.8 Å². The number of rotatable bonds is 5. The summed E-state index contributed by atoms with van der Waals surface area (Å²) in [6.45, 7) is 6.94. The van der Waals surface area contributed by atoms with Crippen molar-refractivity contribution in [3.8, 4) is 11.3 Å². The Labute approximate surface area is 148 Å². The summed E-state index contributed by atoms with van der Waals surface area (Å²) < 4.78 is 15.0. The predicted octanol–water partition coefficient (Wildman–Crippen LogP) is 3.50. The van der Waals surface area contributed by atoms with Crippen LogP contribution in [0.25, 0.3) is 11.3 Å². The zero-order chi connectivity index (χ0) is 17.1. The van der Waals surface area contributed by atoms with Crippen molar-refractivity contribution < 1.29 is 4.39 Å². The molecule has 0 aliphatic rings. The summed E-state index contributed by atoms with van der Waals surface area (Å²) in [5.74, 6) is 0.0791. The molecule has 0 aliphatic carbocycles. The number of hydrogen-bond donors (Lipinski definition) is 0. The van der Waals surface area contributed by atoms with Gasteiger partial charge < -0.3 is 4.90 Å². The average Bonchev–Trinajstić information content (AvgIpc) is 2.45. The molecule has 0 fully saturated rings. The van der Waals surface area contributed by atoms with E-state index in [0.29, 0.717) is 35.8 Å². The number of aromatic nitrogens is 2. The minimum atomic E-state index is -0.238. The van der Waals surface area contributed by atoms with Crippen LogP contribution in [0.4, 0.5) is 4.39 Å². The van der Waals surface area contributed by atoms with Gasteiger partial charge in [-0.2, -0.15) is 5.10 Å². The first-order valence-electron chi connectivity index (χ1n) is 7.80. The van der Waals surface area contributed by atoms with Gasteiger partial charge in [-0.3, -0.25) is 4.79 Å². The molecule has 132 valence electrons. The van der Waals surface area contributed by atoms with Gasteiger partial charge in [0.25, 0.3) is 5.56 Å². The highest BCUT2D eigenvalue weighted by Gasteiger charge is 2.12. The van der Waals surface area contributed by atoms with Crippen LogP contribution >= 0.6 is 12.4 Å². The van der Waals surface area contributed by atoms with Gasteiger partial charge in [0.05, 0.1) is 5.69 Å². The molecule has 0 bridgehead atoms. The van der Waals surface area contributed by atoms with Crippen LogP contribution in [0.15, 0.2) is 29.1 Å². The second-order valence-corrected chi connectivity index (χ2v) is 6.64. The molecule has 1 heterocycles. The zero-order valence-corrected chi connectivity index (χ0v) is 15.7. The minimum absolute atomic E-state index is 0. The highest BCUT2D eigenvalue weighted by molar-refractivity contribution is 5.85. The lowest BCUT2D eigenvalue weighted by Gasteiger charge is -2.15. The first kappa shape index (κ1) is 20.3. The van der Waals surface area contributed by atoms with Gasteiger partial charge in [0.2, 0.25) is 0 Å². The Morgan fingerprint density at radius 3 is 2.46 bits per heavy atom. The molecular formula is C18H25ClFN3O. The van der Waals surface area contributed by atoms with Crippen LogP contribution in [0.5, 0.6) is 0 Å². The topological polar surface area (TPSA) is 38.1 Å². The van der Waals surface area contributed by atoms with Gasteiger partial charge in [0, 0.05) is 24.2 Å². The Bertz CT molecular complexity index is 722. The van der Waals surface area contributed by atoms with E-state index in [4.69, 9.17) is 0 Å². The van der Waals surface area contributed by atoms with Crippen molar-refractivity contribution in [1.29, 1.82) is 0 Å². The molecular weight excluding hydrogens is 329 g/mol. The van der Waals surface area contributed by atoms with Crippen molar-refractivity contribution in [2.45, 2.75) is 33.9 Å². The second kappa shape index (κ2) is 8.40. The molecule has 24 heavy (non-hydrogen) atoms. The van der Waals surface area contributed by atoms with E-state index in [1.165, 1.54) is 10.7 Å². The van der Waals surface area contributed by atoms with E-state index in [1.807, 2.05) is 25.1 Å². The molecule has 0 spiro atoms. The lowest BCUT2D eigenvalue weighted by Crippen LogP contribution is -2.30. The molecule has 0 radical (unpaired) electrons. The number of aryl methyl sites for hydroxylation is 1. The monoisotopic (exact) mass is 353 g/mol. The smallest absolute Gasteiger partial charge is 0.271 e. The summed E-state index contributed by atoms with van der Waals surface area (Å²) in [7, 11) is 3.85. The molecule has 6 heteroatoms. The number of halogens is 2. The summed E-state index contributed by atoms with van der Waals surface area (Å²) >= 11 is 0. The lowest BCUT2D eigenvalue weighted by atomic mass is 10.1. The van der Waals surface area contributed by atoms with Crippen molar-refractivity contribution >= 4 is 12.4 Å². The average molecular weight is 354 g/mol. The Morgan fingerprint density at radius 2 is 1.92 bits per heavy atom. The fourth-order valence-electron chi connectivity index (χ4n) is 2.47. The Balaban J connectivity index is 0.00000288. The van der Waals surface area contributed by atoms with Crippen molar-refractivity contribution in [3.63, 3.8) is 0 Å². The lowest BCUT2D eigenvalue weighted by molar-refractivity contribution is 0.392. The third-order valence-corrected chi connectivity index (χ3v) is 3.53. The van der Waals surface area contributed by atoms with Crippen molar-refractivity contribution in [2.75, 3.05) is 14.1 Å². The molecule has 0 amide bonds. The number of nitrogens with zero attached hydrogens (tertiary/aromatic N) is 3. The first-order chi connectivity index (χ1) is 10.8. The zero-order valence-electron chi connectivity index (χ0n) is 14.8.